The standard InChI is InChI=1S/C29H33N3O2/c1-32(24-9-6-21(7-10-24)5-4-20-2-3-20)25-11-12-26-22(18-25)14-17-31-28(26)13-8-23-19-30-16-15-27(23)29(33)34/h6-7,9-12,15-16,18-20,28,31H,2-5,8,13-14,17H2,1H3,(H,33,34)/t28-/m1/s1. The van der Waals surface area contributed by atoms with E-state index in [-0.39, 0.29) is 6.04 Å². The van der Waals surface area contributed by atoms with Gasteiger partial charge in [0.2, 0.25) is 0 Å². The van der Waals surface area contributed by atoms with E-state index >= 15 is 0 Å². The van der Waals surface area contributed by atoms with Crippen LogP contribution in [0.25, 0.3) is 0 Å². The predicted octanol–water partition coefficient (Wildman–Crippen LogP) is 5.71. The molecule has 1 aromatic heterocycles. The topological polar surface area (TPSA) is 65.5 Å². The third-order valence-electron chi connectivity index (χ3n) is 7.37. The van der Waals surface area contributed by atoms with Gasteiger partial charge in [0.1, 0.15) is 0 Å². The molecule has 0 spiro atoms. The van der Waals surface area contributed by atoms with Crippen LogP contribution in [0.3, 0.4) is 0 Å². The zero-order valence-corrected chi connectivity index (χ0v) is 19.8. The van der Waals surface area contributed by atoms with Gasteiger partial charge in [-0.25, -0.2) is 4.79 Å². The van der Waals surface area contributed by atoms with Crippen LogP contribution >= 0.6 is 0 Å². The van der Waals surface area contributed by atoms with Crippen LogP contribution < -0.4 is 10.2 Å². The van der Waals surface area contributed by atoms with Gasteiger partial charge >= 0.3 is 5.97 Å². The molecule has 3 aromatic rings. The van der Waals surface area contributed by atoms with Crippen molar-refractivity contribution in [3.05, 3.63) is 88.7 Å². The van der Waals surface area contributed by atoms with Gasteiger partial charge in [0, 0.05) is 36.9 Å². The molecule has 1 aliphatic heterocycles. The highest BCUT2D eigenvalue weighted by atomic mass is 16.4. The number of hydrogen-bond acceptors (Lipinski definition) is 4. The van der Waals surface area contributed by atoms with Crippen molar-refractivity contribution in [2.45, 2.75) is 51.0 Å². The van der Waals surface area contributed by atoms with E-state index in [4.69, 9.17) is 0 Å². The van der Waals surface area contributed by atoms with E-state index in [1.165, 1.54) is 53.7 Å². The van der Waals surface area contributed by atoms with Gasteiger partial charge in [0.25, 0.3) is 0 Å². The van der Waals surface area contributed by atoms with Gasteiger partial charge in [-0.3, -0.25) is 4.98 Å². The molecule has 1 saturated carbocycles. The summed E-state index contributed by atoms with van der Waals surface area (Å²) in [7, 11) is 2.13. The summed E-state index contributed by atoms with van der Waals surface area (Å²) in [4.78, 5) is 17.9. The first-order valence-corrected chi connectivity index (χ1v) is 12.4. The van der Waals surface area contributed by atoms with E-state index in [9.17, 15) is 9.90 Å². The maximum absolute atomic E-state index is 11.5. The summed E-state index contributed by atoms with van der Waals surface area (Å²) in [5, 5.41) is 13.1. The molecule has 1 aliphatic carbocycles. The summed E-state index contributed by atoms with van der Waals surface area (Å²) in [6.07, 6.45) is 11.1. The summed E-state index contributed by atoms with van der Waals surface area (Å²) in [5.41, 5.74) is 7.67. The summed E-state index contributed by atoms with van der Waals surface area (Å²) in [6.45, 7) is 0.930. The molecule has 0 saturated heterocycles. The normalized spacial score (nSPS) is 17.3. The van der Waals surface area contributed by atoms with Gasteiger partial charge < -0.3 is 15.3 Å². The third kappa shape index (κ3) is 5.15. The Labute approximate surface area is 201 Å². The van der Waals surface area contributed by atoms with Gasteiger partial charge in [-0.1, -0.05) is 31.0 Å². The molecule has 0 amide bonds. The van der Waals surface area contributed by atoms with E-state index < -0.39 is 5.97 Å². The number of rotatable bonds is 9. The molecular formula is C29H33N3O2. The van der Waals surface area contributed by atoms with E-state index in [1.54, 1.807) is 18.5 Å². The smallest absolute Gasteiger partial charge is 0.336 e. The predicted molar refractivity (Wildman–Crippen MR) is 136 cm³/mol. The minimum absolute atomic E-state index is 0.218. The van der Waals surface area contributed by atoms with Crippen LogP contribution in [0.2, 0.25) is 0 Å². The number of nitrogens with zero attached hydrogens (tertiary/aromatic N) is 2. The minimum Gasteiger partial charge on any atom is -0.478 e. The number of aromatic carboxylic acids is 1. The molecule has 5 rings (SSSR count). The van der Waals surface area contributed by atoms with E-state index in [1.807, 2.05) is 0 Å². The van der Waals surface area contributed by atoms with Crippen molar-refractivity contribution in [2.75, 3.05) is 18.5 Å². The first-order chi connectivity index (χ1) is 16.6. The molecule has 1 fully saturated rings. The number of carboxylic acids is 1. The Bertz CT molecular complexity index is 1150. The molecule has 5 heteroatoms. The Morgan fingerprint density at radius 1 is 1.06 bits per heavy atom. The lowest BCUT2D eigenvalue weighted by Crippen LogP contribution is -2.30. The van der Waals surface area contributed by atoms with E-state index in [0.29, 0.717) is 12.0 Å². The largest absolute Gasteiger partial charge is 0.478 e. The monoisotopic (exact) mass is 455 g/mol. The van der Waals surface area contributed by atoms with E-state index in [2.05, 4.69) is 64.7 Å². The fourth-order valence-electron chi connectivity index (χ4n) is 5.05. The Morgan fingerprint density at radius 2 is 1.85 bits per heavy atom. The number of hydrogen-bond donors (Lipinski definition) is 2. The number of fused-ring (bicyclic) bond motifs is 1. The average Bonchev–Trinajstić information content (AvgIpc) is 3.70. The Morgan fingerprint density at radius 3 is 2.62 bits per heavy atom. The van der Waals surface area contributed by atoms with Gasteiger partial charge in [-0.05, 0) is 97.2 Å². The maximum Gasteiger partial charge on any atom is 0.336 e. The van der Waals surface area contributed by atoms with Crippen molar-refractivity contribution < 1.29 is 9.90 Å². The molecule has 2 aliphatic rings. The van der Waals surface area contributed by atoms with Crippen LogP contribution in [0.15, 0.2) is 60.9 Å². The molecule has 5 nitrogen and oxygen atoms in total. The van der Waals surface area contributed by atoms with Crippen molar-refractivity contribution in [1.29, 1.82) is 0 Å². The average molecular weight is 456 g/mol. The van der Waals surface area contributed by atoms with Crippen molar-refractivity contribution in [3.63, 3.8) is 0 Å². The molecular weight excluding hydrogens is 422 g/mol. The van der Waals surface area contributed by atoms with Crippen molar-refractivity contribution in [3.8, 4) is 0 Å². The fourth-order valence-corrected chi connectivity index (χ4v) is 5.05. The number of carbonyl (C=O) groups is 1. The molecule has 2 heterocycles. The number of anilines is 2. The van der Waals surface area contributed by atoms with Gasteiger partial charge in [-0.2, -0.15) is 0 Å². The number of aromatic nitrogens is 1. The van der Waals surface area contributed by atoms with Crippen LogP contribution in [0.4, 0.5) is 11.4 Å². The molecule has 0 radical (unpaired) electrons. The second-order valence-electron chi connectivity index (χ2n) is 9.72. The molecule has 2 aromatic carbocycles. The summed E-state index contributed by atoms with van der Waals surface area (Å²) in [5.74, 6) is 0.0813. The highest BCUT2D eigenvalue weighted by molar-refractivity contribution is 5.89. The Balaban J connectivity index is 1.27. The quantitative estimate of drug-likeness (QED) is 0.433. The summed E-state index contributed by atoms with van der Waals surface area (Å²) >= 11 is 0. The first kappa shape index (κ1) is 22.6. The maximum atomic E-state index is 11.5. The number of aryl methyl sites for hydroxylation is 2. The zero-order chi connectivity index (χ0) is 23.5. The highest BCUT2D eigenvalue weighted by Gasteiger charge is 2.22. The molecule has 2 N–H and O–H groups in total. The second kappa shape index (κ2) is 9.98. The molecule has 176 valence electrons. The van der Waals surface area contributed by atoms with E-state index in [0.717, 1.165) is 30.9 Å². The molecule has 1 atom stereocenters. The Hall–Kier alpha value is -3.18. The van der Waals surface area contributed by atoms with Crippen molar-refractivity contribution in [2.24, 2.45) is 5.92 Å². The van der Waals surface area contributed by atoms with Crippen LogP contribution in [0, 0.1) is 5.92 Å². The van der Waals surface area contributed by atoms with Crippen molar-refractivity contribution >= 4 is 17.3 Å². The first-order valence-electron chi connectivity index (χ1n) is 12.4. The number of carboxylic acid groups (broad SMARTS) is 1. The van der Waals surface area contributed by atoms with Crippen LogP contribution in [0.5, 0.6) is 0 Å². The SMILES string of the molecule is CN(c1ccc(CCC2CC2)cc1)c1ccc2c(c1)CCN[C@@H]2CCc1cnccc1C(=O)O. The lowest BCUT2D eigenvalue weighted by atomic mass is 9.89. The minimum atomic E-state index is -0.891. The second-order valence-corrected chi connectivity index (χ2v) is 9.72. The van der Waals surface area contributed by atoms with Gasteiger partial charge in [0.15, 0.2) is 0 Å². The van der Waals surface area contributed by atoms with Gasteiger partial charge in [0.05, 0.1) is 5.56 Å². The fraction of sp³-hybridized carbons (Fsp3) is 0.379. The molecule has 0 unspecified atom stereocenters. The van der Waals surface area contributed by atoms with Crippen molar-refractivity contribution in [1.82, 2.24) is 10.3 Å². The molecule has 34 heavy (non-hydrogen) atoms. The zero-order valence-electron chi connectivity index (χ0n) is 19.8. The number of nitrogens with one attached hydrogen (secondary N) is 1. The van der Waals surface area contributed by atoms with Crippen LogP contribution in [0.1, 0.15) is 64.3 Å². The lowest BCUT2D eigenvalue weighted by Gasteiger charge is -2.29. The number of benzene rings is 2. The Kier molecular flexibility index (Phi) is 6.63. The third-order valence-corrected chi connectivity index (χ3v) is 7.37. The van der Waals surface area contributed by atoms with Gasteiger partial charge in [-0.15, -0.1) is 0 Å². The lowest BCUT2D eigenvalue weighted by molar-refractivity contribution is 0.0695. The highest BCUT2D eigenvalue weighted by Crippen LogP contribution is 2.34. The summed E-state index contributed by atoms with van der Waals surface area (Å²) < 4.78 is 0. The number of pyridine rings is 1. The molecule has 0 bridgehead atoms. The van der Waals surface area contributed by atoms with Crippen LogP contribution in [-0.4, -0.2) is 29.7 Å². The van der Waals surface area contributed by atoms with Crippen LogP contribution in [-0.2, 0) is 19.3 Å². The summed E-state index contributed by atoms with van der Waals surface area (Å²) in [6, 6.07) is 17.6.